The second kappa shape index (κ2) is 3.07. The molecular formula is C9H10ClN3O. The highest BCUT2D eigenvalue weighted by Gasteiger charge is 2.42. The molecule has 0 saturated carbocycles. The average molecular weight is 212 g/mol. The molecule has 2 aliphatic rings. The summed E-state index contributed by atoms with van der Waals surface area (Å²) in [5.41, 5.74) is 0. The molecule has 3 rings (SSSR count). The van der Waals surface area contributed by atoms with Crippen LogP contribution in [0.15, 0.2) is 12.4 Å². The smallest absolute Gasteiger partial charge is 0.134 e. The van der Waals surface area contributed by atoms with E-state index < -0.39 is 0 Å². The van der Waals surface area contributed by atoms with E-state index in [4.69, 9.17) is 16.3 Å². The van der Waals surface area contributed by atoms with Gasteiger partial charge in [0, 0.05) is 6.07 Å². The Labute approximate surface area is 86.9 Å². The van der Waals surface area contributed by atoms with Crippen LogP contribution in [0.5, 0.6) is 0 Å². The summed E-state index contributed by atoms with van der Waals surface area (Å²) in [7, 11) is 0. The first-order valence-electron chi connectivity index (χ1n) is 4.68. The van der Waals surface area contributed by atoms with Crippen molar-refractivity contribution in [2.24, 2.45) is 0 Å². The van der Waals surface area contributed by atoms with Gasteiger partial charge in [-0.2, -0.15) is 0 Å². The fourth-order valence-electron chi connectivity index (χ4n) is 2.18. The van der Waals surface area contributed by atoms with Gasteiger partial charge >= 0.3 is 0 Å². The maximum absolute atomic E-state index is 5.82. The summed E-state index contributed by atoms with van der Waals surface area (Å²) in [6, 6.07) is 2.78. The van der Waals surface area contributed by atoms with E-state index in [1.807, 2.05) is 6.07 Å². The Balaban J connectivity index is 1.89. The Hall–Kier alpha value is -0.870. The molecule has 74 valence electrons. The molecule has 0 N–H and O–H groups in total. The minimum absolute atomic E-state index is 0.486. The molecule has 3 heterocycles. The number of fused-ring (bicyclic) bond motifs is 2. The van der Waals surface area contributed by atoms with Crippen molar-refractivity contribution in [1.29, 1.82) is 0 Å². The zero-order chi connectivity index (χ0) is 9.54. The van der Waals surface area contributed by atoms with Crippen LogP contribution in [0.3, 0.4) is 0 Å². The minimum atomic E-state index is 0.486. The van der Waals surface area contributed by atoms with Gasteiger partial charge in [0.05, 0.1) is 25.3 Å². The molecule has 2 atom stereocenters. The largest absolute Gasteiger partial charge is 0.377 e. The first-order valence-corrected chi connectivity index (χ1v) is 5.06. The first kappa shape index (κ1) is 8.44. The Morgan fingerprint density at radius 2 is 2.14 bits per heavy atom. The Kier molecular flexibility index (Phi) is 1.85. The van der Waals surface area contributed by atoms with Crippen molar-refractivity contribution in [2.45, 2.75) is 18.5 Å². The van der Waals surface area contributed by atoms with Crippen molar-refractivity contribution < 1.29 is 4.74 Å². The summed E-state index contributed by atoms with van der Waals surface area (Å²) in [6.45, 7) is 1.61. The number of hydrogen-bond donors (Lipinski definition) is 0. The van der Waals surface area contributed by atoms with Gasteiger partial charge in [0.25, 0.3) is 0 Å². The lowest BCUT2D eigenvalue weighted by Crippen LogP contribution is -2.64. The molecule has 0 radical (unpaired) electrons. The molecule has 0 unspecified atom stereocenters. The van der Waals surface area contributed by atoms with Crippen LogP contribution in [0.25, 0.3) is 0 Å². The Morgan fingerprint density at radius 3 is 2.79 bits per heavy atom. The first-order chi connectivity index (χ1) is 6.84. The summed E-state index contributed by atoms with van der Waals surface area (Å²) in [4.78, 5) is 10.4. The van der Waals surface area contributed by atoms with Crippen LogP contribution in [0, 0.1) is 0 Å². The average Bonchev–Trinajstić information content (AvgIpc) is 2.18. The summed E-state index contributed by atoms with van der Waals surface area (Å²) >= 11 is 5.82. The molecule has 4 nitrogen and oxygen atoms in total. The van der Waals surface area contributed by atoms with Crippen LogP contribution in [0.4, 0.5) is 5.82 Å². The molecule has 0 spiro atoms. The maximum atomic E-state index is 5.82. The zero-order valence-corrected chi connectivity index (χ0v) is 8.31. The van der Waals surface area contributed by atoms with Crippen molar-refractivity contribution in [2.75, 3.05) is 18.1 Å². The molecular weight excluding hydrogens is 202 g/mol. The number of halogens is 1. The molecule has 0 amide bonds. The van der Waals surface area contributed by atoms with E-state index in [-0.39, 0.29) is 0 Å². The number of nitrogens with zero attached hydrogens (tertiary/aromatic N) is 3. The highest BCUT2D eigenvalue weighted by molar-refractivity contribution is 6.29. The van der Waals surface area contributed by atoms with Crippen LogP contribution in [-0.4, -0.2) is 35.3 Å². The highest BCUT2D eigenvalue weighted by atomic mass is 35.5. The molecule has 14 heavy (non-hydrogen) atoms. The van der Waals surface area contributed by atoms with E-state index in [1.54, 1.807) is 0 Å². The fraction of sp³-hybridized carbons (Fsp3) is 0.556. The van der Waals surface area contributed by atoms with Crippen LogP contribution in [0.1, 0.15) is 6.42 Å². The van der Waals surface area contributed by atoms with E-state index in [0.717, 1.165) is 19.0 Å². The van der Waals surface area contributed by atoms with E-state index in [9.17, 15) is 0 Å². The van der Waals surface area contributed by atoms with E-state index >= 15 is 0 Å². The molecule has 0 aromatic carbocycles. The third kappa shape index (κ3) is 1.18. The number of ether oxygens (including phenoxy) is 1. The van der Waals surface area contributed by atoms with Gasteiger partial charge < -0.3 is 9.64 Å². The Bertz CT molecular complexity index is 346. The Morgan fingerprint density at radius 1 is 1.36 bits per heavy atom. The summed E-state index contributed by atoms with van der Waals surface area (Å²) in [6.07, 6.45) is 2.72. The van der Waals surface area contributed by atoms with Crippen LogP contribution < -0.4 is 4.90 Å². The maximum Gasteiger partial charge on any atom is 0.134 e. The molecule has 2 fully saturated rings. The van der Waals surface area contributed by atoms with Gasteiger partial charge in [-0.3, -0.25) is 0 Å². The predicted molar refractivity (Wildman–Crippen MR) is 52.5 cm³/mol. The van der Waals surface area contributed by atoms with Crippen molar-refractivity contribution >= 4 is 17.4 Å². The summed E-state index contributed by atoms with van der Waals surface area (Å²) < 4.78 is 5.40. The number of anilines is 1. The molecule has 2 aliphatic heterocycles. The van der Waals surface area contributed by atoms with E-state index in [1.165, 1.54) is 12.7 Å². The van der Waals surface area contributed by atoms with E-state index in [0.29, 0.717) is 17.2 Å². The van der Waals surface area contributed by atoms with Gasteiger partial charge in [0.2, 0.25) is 0 Å². The minimum Gasteiger partial charge on any atom is -0.377 e. The van der Waals surface area contributed by atoms with Crippen molar-refractivity contribution in [3.05, 3.63) is 17.5 Å². The monoisotopic (exact) mass is 211 g/mol. The summed E-state index contributed by atoms with van der Waals surface area (Å²) in [5.74, 6) is 0.926. The van der Waals surface area contributed by atoms with Gasteiger partial charge in [0.1, 0.15) is 17.3 Å². The van der Waals surface area contributed by atoms with Gasteiger partial charge in [-0.1, -0.05) is 11.6 Å². The van der Waals surface area contributed by atoms with Crippen LogP contribution in [0.2, 0.25) is 5.15 Å². The molecule has 1 aromatic rings. The van der Waals surface area contributed by atoms with Crippen molar-refractivity contribution in [3.63, 3.8) is 0 Å². The van der Waals surface area contributed by atoms with Crippen LogP contribution in [-0.2, 0) is 4.74 Å². The van der Waals surface area contributed by atoms with Gasteiger partial charge in [-0.05, 0) is 6.42 Å². The molecule has 5 heteroatoms. The quantitative estimate of drug-likeness (QED) is 0.653. The fourth-order valence-corrected chi connectivity index (χ4v) is 2.32. The SMILES string of the molecule is Clc1cc(N2[C@H]3COC[C@H]2C3)ncn1. The lowest BCUT2D eigenvalue weighted by atomic mass is 9.91. The standard InChI is InChI=1S/C9H10ClN3O/c10-8-2-9(12-5-11-8)13-6-1-7(13)4-14-3-6/h2,5-7H,1,3-4H2/t6-,7-/m1/s1. The van der Waals surface area contributed by atoms with Crippen LogP contribution >= 0.6 is 11.6 Å². The number of hydrogen-bond acceptors (Lipinski definition) is 4. The van der Waals surface area contributed by atoms with Crippen molar-refractivity contribution in [3.8, 4) is 0 Å². The summed E-state index contributed by atoms with van der Waals surface area (Å²) in [5, 5.41) is 0.501. The molecule has 0 aliphatic carbocycles. The normalized spacial score (nSPS) is 29.9. The topological polar surface area (TPSA) is 38.2 Å². The third-order valence-electron chi connectivity index (χ3n) is 2.84. The lowest BCUT2D eigenvalue weighted by Gasteiger charge is -2.52. The molecule has 1 aromatic heterocycles. The van der Waals surface area contributed by atoms with Gasteiger partial charge in [-0.15, -0.1) is 0 Å². The number of aromatic nitrogens is 2. The predicted octanol–water partition coefficient (Wildman–Crippen LogP) is 1.11. The third-order valence-corrected chi connectivity index (χ3v) is 3.04. The second-order valence-electron chi connectivity index (χ2n) is 3.69. The van der Waals surface area contributed by atoms with Gasteiger partial charge in [-0.25, -0.2) is 9.97 Å². The van der Waals surface area contributed by atoms with Crippen molar-refractivity contribution in [1.82, 2.24) is 9.97 Å². The number of morpholine rings is 1. The van der Waals surface area contributed by atoms with E-state index in [2.05, 4.69) is 14.9 Å². The number of rotatable bonds is 1. The molecule has 2 bridgehead atoms. The molecule has 2 saturated heterocycles. The lowest BCUT2D eigenvalue weighted by molar-refractivity contribution is 0.00968. The van der Waals surface area contributed by atoms with Gasteiger partial charge in [0.15, 0.2) is 0 Å². The highest BCUT2D eigenvalue weighted by Crippen LogP contribution is 2.34. The zero-order valence-electron chi connectivity index (χ0n) is 7.56. The second-order valence-corrected chi connectivity index (χ2v) is 4.07.